The molecule has 148 valence electrons. The lowest BCUT2D eigenvalue weighted by Gasteiger charge is -2.37. The summed E-state index contributed by atoms with van der Waals surface area (Å²) in [7, 11) is 1.86. The van der Waals surface area contributed by atoms with E-state index in [1.807, 2.05) is 13.1 Å². The van der Waals surface area contributed by atoms with Crippen molar-refractivity contribution in [2.45, 2.75) is 39.8 Å². The van der Waals surface area contributed by atoms with E-state index >= 15 is 0 Å². The Morgan fingerprint density at radius 2 is 1.69 bits per heavy atom. The zero-order valence-corrected chi connectivity index (χ0v) is 19.1. The van der Waals surface area contributed by atoms with Gasteiger partial charge in [-0.3, -0.25) is 9.89 Å². The molecule has 0 spiro atoms. The fraction of sp³-hybridized carbons (Fsp3) is 0.722. The molecule has 2 rings (SSSR count). The summed E-state index contributed by atoms with van der Waals surface area (Å²) in [4.78, 5) is 20.2. The van der Waals surface area contributed by atoms with Crippen molar-refractivity contribution in [1.29, 1.82) is 0 Å². The molecule has 1 aliphatic rings. The standard InChI is InChI=1S/C18H33N7.HI/c1-15(2)25(16(3)4)10-9-22-17(19-5)23-11-13-24(14-12-23)18-20-7-6-8-21-18;/h6-8,15-16H,9-14H2,1-5H3,(H,19,22);1H. The van der Waals surface area contributed by atoms with Crippen molar-refractivity contribution in [2.24, 2.45) is 4.99 Å². The number of rotatable bonds is 6. The maximum atomic E-state index is 4.46. The lowest BCUT2D eigenvalue weighted by molar-refractivity contribution is 0.178. The second-order valence-electron chi connectivity index (χ2n) is 6.92. The molecular formula is C18H34IN7. The Hall–Kier alpha value is -1.16. The first-order valence-electron chi connectivity index (χ1n) is 9.26. The lowest BCUT2D eigenvalue weighted by Crippen LogP contribution is -2.54. The number of nitrogens with one attached hydrogen (secondary N) is 1. The van der Waals surface area contributed by atoms with Gasteiger partial charge >= 0.3 is 0 Å². The van der Waals surface area contributed by atoms with Gasteiger partial charge in [-0.25, -0.2) is 9.97 Å². The van der Waals surface area contributed by atoms with Gasteiger partial charge in [0.25, 0.3) is 0 Å². The van der Waals surface area contributed by atoms with Crippen molar-refractivity contribution in [2.75, 3.05) is 51.2 Å². The van der Waals surface area contributed by atoms with E-state index in [9.17, 15) is 0 Å². The normalized spacial score (nSPS) is 15.6. The zero-order valence-electron chi connectivity index (χ0n) is 16.7. The van der Waals surface area contributed by atoms with Gasteiger partial charge < -0.3 is 15.1 Å². The molecule has 7 nitrogen and oxygen atoms in total. The van der Waals surface area contributed by atoms with E-state index in [0.717, 1.165) is 51.2 Å². The van der Waals surface area contributed by atoms with Crippen molar-refractivity contribution in [3.8, 4) is 0 Å². The van der Waals surface area contributed by atoms with Crippen LogP contribution in [0, 0.1) is 0 Å². The molecule has 0 aromatic carbocycles. The lowest BCUT2D eigenvalue weighted by atomic mass is 10.2. The SMILES string of the molecule is CN=C(NCCN(C(C)C)C(C)C)N1CCN(c2ncccn2)CC1.I. The third-order valence-electron chi connectivity index (χ3n) is 4.61. The summed E-state index contributed by atoms with van der Waals surface area (Å²) in [5.74, 6) is 1.80. The molecule has 1 aliphatic heterocycles. The van der Waals surface area contributed by atoms with E-state index in [1.54, 1.807) is 12.4 Å². The molecule has 0 aliphatic carbocycles. The summed E-state index contributed by atoms with van der Waals surface area (Å²) in [6.07, 6.45) is 3.59. The van der Waals surface area contributed by atoms with E-state index in [-0.39, 0.29) is 24.0 Å². The van der Waals surface area contributed by atoms with Crippen LogP contribution in [0.25, 0.3) is 0 Å². The predicted octanol–water partition coefficient (Wildman–Crippen LogP) is 1.91. The molecule has 2 heterocycles. The highest BCUT2D eigenvalue weighted by molar-refractivity contribution is 14.0. The summed E-state index contributed by atoms with van der Waals surface area (Å²) in [5, 5.41) is 3.52. The number of piperazine rings is 1. The Bertz CT molecular complexity index is 520. The fourth-order valence-electron chi connectivity index (χ4n) is 3.31. The van der Waals surface area contributed by atoms with Crippen molar-refractivity contribution in [3.05, 3.63) is 18.5 Å². The molecule has 1 fully saturated rings. The van der Waals surface area contributed by atoms with Crippen LogP contribution in [0.15, 0.2) is 23.5 Å². The summed E-state index contributed by atoms with van der Waals surface area (Å²) in [6, 6.07) is 2.96. The minimum atomic E-state index is 0. The van der Waals surface area contributed by atoms with Crippen molar-refractivity contribution in [3.63, 3.8) is 0 Å². The minimum Gasteiger partial charge on any atom is -0.355 e. The molecule has 26 heavy (non-hydrogen) atoms. The quantitative estimate of drug-likeness (QED) is 0.386. The van der Waals surface area contributed by atoms with E-state index in [2.05, 4.69) is 62.7 Å². The second-order valence-corrected chi connectivity index (χ2v) is 6.92. The van der Waals surface area contributed by atoms with Crippen molar-refractivity contribution >= 4 is 35.9 Å². The van der Waals surface area contributed by atoms with E-state index < -0.39 is 0 Å². The molecule has 1 aromatic rings. The van der Waals surface area contributed by atoms with Crippen LogP contribution in [-0.4, -0.2) is 84.1 Å². The zero-order chi connectivity index (χ0) is 18.2. The van der Waals surface area contributed by atoms with Gasteiger partial charge in [-0.1, -0.05) is 0 Å². The number of hydrogen-bond donors (Lipinski definition) is 1. The van der Waals surface area contributed by atoms with Crippen molar-refractivity contribution < 1.29 is 0 Å². The van der Waals surface area contributed by atoms with Gasteiger partial charge in [0.15, 0.2) is 5.96 Å². The first kappa shape index (κ1) is 22.9. The van der Waals surface area contributed by atoms with Crippen LogP contribution in [0.5, 0.6) is 0 Å². The molecule has 1 aromatic heterocycles. The van der Waals surface area contributed by atoms with E-state index in [4.69, 9.17) is 0 Å². The monoisotopic (exact) mass is 475 g/mol. The van der Waals surface area contributed by atoms with Crippen LogP contribution in [-0.2, 0) is 0 Å². The second kappa shape index (κ2) is 11.5. The van der Waals surface area contributed by atoms with Gasteiger partial charge in [0.2, 0.25) is 5.95 Å². The summed E-state index contributed by atoms with van der Waals surface area (Å²) in [6.45, 7) is 14.6. The Balaban J connectivity index is 0.00000338. The summed E-state index contributed by atoms with van der Waals surface area (Å²) in [5.41, 5.74) is 0. The maximum Gasteiger partial charge on any atom is 0.225 e. The van der Waals surface area contributed by atoms with Gasteiger partial charge in [-0.2, -0.15) is 0 Å². The number of anilines is 1. The molecule has 0 radical (unpaired) electrons. The Kier molecular flexibility index (Phi) is 10.1. The minimum absolute atomic E-state index is 0. The molecule has 0 bridgehead atoms. The van der Waals surface area contributed by atoms with Gasteiger partial charge in [0, 0.05) is 70.8 Å². The molecule has 1 N–H and O–H groups in total. The van der Waals surface area contributed by atoms with Crippen molar-refractivity contribution in [1.82, 2.24) is 25.1 Å². The third kappa shape index (κ3) is 6.53. The first-order valence-corrected chi connectivity index (χ1v) is 9.26. The molecular weight excluding hydrogens is 441 g/mol. The Morgan fingerprint density at radius 1 is 1.12 bits per heavy atom. The van der Waals surface area contributed by atoms with Crippen LogP contribution >= 0.6 is 24.0 Å². The fourth-order valence-corrected chi connectivity index (χ4v) is 3.31. The number of guanidine groups is 1. The summed E-state index contributed by atoms with van der Waals surface area (Å²) < 4.78 is 0. The van der Waals surface area contributed by atoms with Crippen LogP contribution in [0.2, 0.25) is 0 Å². The average Bonchev–Trinajstić information content (AvgIpc) is 2.62. The average molecular weight is 475 g/mol. The highest BCUT2D eigenvalue weighted by atomic mass is 127. The van der Waals surface area contributed by atoms with Gasteiger partial charge in [0.05, 0.1) is 0 Å². The van der Waals surface area contributed by atoms with Crippen LogP contribution in [0.1, 0.15) is 27.7 Å². The van der Waals surface area contributed by atoms with Crippen LogP contribution < -0.4 is 10.2 Å². The topological polar surface area (TPSA) is 59.9 Å². The van der Waals surface area contributed by atoms with Gasteiger partial charge in [-0.15, -0.1) is 24.0 Å². The number of nitrogens with zero attached hydrogens (tertiary/aromatic N) is 6. The van der Waals surface area contributed by atoms with Crippen LogP contribution in [0.3, 0.4) is 0 Å². The molecule has 0 unspecified atom stereocenters. The Labute approximate surface area is 175 Å². The highest BCUT2D eigenvalue weighted by Gasteiger charge is 2.21. The molecule has 0 saturated carbocycles. The number of hydrogen-bond acceptors (Lipinski definition) is 5. The first-order chi connectivity index (χ1) is 12.0. The number of aliphatic imine (C=N–C) groups is 1. The molecule has 1 saturated heterocycles. The highest BCUT2D eigenvalue weighted by Crippen LogP contribution is 2.10. The summed E-state index contributed by atoms with van der Waals surface area (Å²) >= 11 is 0. The van der Waals surface area contributed by atoms with E-state index in [1.165, 1.54) is 0 Å². The molecule has 8 heteroatoms. The van der Waals surface area contributed by atoms with E-state index in [0.29, 0.717) is 12.1 Å². The number of aromatic nitrogens is 2. The Morgan fingerprint density at radius 3 is 2.19 bits per heavy atom. The molecule has 0 amide bonds. The maximum absolute atomic E-state index is 4.46. The third-order valence-corrected chi connectivity index (χ3v) is 4.61. The van der Waals surface area contributed by atoms with Crippen LogP contribution in [0.4, 0.5) is 5.95 Å². The predicted molar refractivity (Wildman–Crippen MR) is 120 cm³/mol. The molecule has 0 atom stereocenters. The largest absolute Gasteiger partial charge is 0.355 e. The smallest absolute Gasteiger partial charge is 0.225 e. The van der Waals surface area contributed by atoms with Gasteiger partial charge in [0.1, 0.15) is 0 Å². The number of halogens is 1. The van der Waals surface area contributed by atoms with Gasteiger partial charge in [-0.05, 0) is 33.8 Å².